The van der Waals surface area contributed by atoms with Crippen LogP contribution in [0.4, 0.5) is 18.9 Å². The number of anilines is 1. The van der Waals surface area contributed by atoms with E-state index in [1.54, 1.807) is 12.1 Å². The molecule has 1 N–H and O–H groups in total. The zero-order chi connectivity index (χ0) is 15.5. The molecule has 0 spiro atoms. The highest BCUT2D eigenvalue weighted by atomic mass is 35.5. The third-order valence-electron chi connectivity index (χ3n) is 2.69. The highest BCUT2D eigenvalue weighted by Crippen LogP contribution is 2.34. The molecule has 1 amide bonds. The van der Waals surface area contributed by atoms with Crippen LogP contribution in [0.25, 0.3) is 0 Å². The zero-order valence-electron chi connectivity index (χ0n) is 10.6. The van der Waals surface area contributed by atoms with Crippen LogP contribution in [0, 0.1) is 0 Å². The molecule has 0 fully saturated rings. The lowest BCUT2D eigenvalue weighted by atomic mass is 10.0. The average Bonchev–Trinajstić information content (AvgIpc) is 2.40. The summed E-state index contributed by atoms with van der Waals surface area (Å²) in [6.45, 7) is 0. The molecule has 0 bridgehead atoms. The normalized spacial score (nSPS) is 11.2. The van der Waals surface area contributed by atoms with Crippen molar-refractivity contribution in [2.75, 3.05) is 5.32 Å². The number of rotatable bonds is 3. The smallest absolute Gasteiger partial charge is 0.326 e. The third-order valence-corrected chi connectivity index (χ3v) is 2.93. The summed E-state index contributed by atoms with van der Waals surface area (Å²) in [5.74, 6) is -0.547. The van der Waals surface area contributed by atoms with E-state index in [1.807, 2.05) is 0 Å². The maximum atomic E-state index is 12.9. The summed E-state index contributed by atoms with van der Waals surface area (Å²) in [5, 5.41) is 2.48. The molecular formula is C14H10ClF3N2O. The number of alkyl halides is 3. The van der Waals surface area contributed by atoms with E-state index in [4.69, 9.17) is 11.6 Å². The number of hydrogen-bond acceptors (Lipinski definition) is 2. The van der Waals surface area contributed by atoms with Gasteiger partial charge >= 0.3 is 6.18 Å². The maximum Gasteiger partial charge on any atom is 0.416 e. The third kappa shape index (κ3) is 4.19. The second-order valence-electron chi connectivity index (χ2n) is 4.26. The van der Waals surface area contributed by atoms with Gasteiger partial charge in [0.05, 0.1) is 12.0 Å². The summed E-state index contributed by atoms with van der Waals surface area (Å²) >= 11 is 5.58. The first kappa shape index (κ1) is 15.3. The average molecular weight is 315 g/mol. The van der Waals surface area contributed by atoms with E-state index in [1.165, 1.54) is 24.5 Å². The summed E-state index contributed by atoms with van der Waals surface area (Å²) in [5.41, 5.74) is -0.559. The van der Waals surface area contributed by atoms with Crippen LogP contribution in [0.5, 0.6) is 0 Å². The monoisotopic (exact) mass is 314 g/mol. The molecule has 0 saturated carbocycles. The number of halogens is 4. The maximum absolute atomic E-state index is 12.9. The summed E-state index contributed by atoms with van der Waals surface area (Å²) in [6, 6.07) is 6.44. The summed E-state index contributed by atoms with van der Waals surface area (Å²) in [6.07, 6.45) is -2.01. The molecule has 1 heterocycles. The van der Waals surface area contributed by atoms with Crippen molar-refractivity contribution in [1.82, 2.24) is 4.98 Å². The molecule has 110 valence electrons. The van der Waals surface area contributed by atoms with Crippen LogP contribution in [0.15, 0.2) is 42.7 Å². The summed E-state index contributed by atoms with van der Waals surface area (Å²) < 4.78 is 38.7. The molecule has 0 atom stereocenters. The first-order chi connectivity index (χ1) is 9.86. The second kappa shape index (κ2) is 6.13. The number of aromatic nitrogens is 1. The van der Waals surface area contributed by atoms with Crippen LogP contribution in [0.1, 0.15) is 11.1 Å². The van der Waals surface area contributed by atoms with Crippen LogP contribution in [-0.4, -0.2) is 10.9 Å². The first-order valence-electron chi connectivity index (χ1n) is 5.92. The van der Waals surface area contributed by atoms with Crippen molar-refractivity contribution < 1.29 is 18.0 Å². The Bertz CT molecular complexity index is 644. The van der Waals surface area contributed by atoms with Crippen molar-refractivity contribution >= 4 is 23.2 Å². The van der Waals surface area contributed by atoms with E-state index in [2.05, 4.69) is 10.3 Å². The Labute approximate surface area is 123 Å². The fourth-order valence-corrected chi connectivity index (χ4v) is 1.95. The SMILES string of the molecule is O=C(Cc1ccc(Cl)cc1C(F)(F)F)Nc1ccncc1. The topological polar surface area (TPSA) is 42.0 Å². The Kier molecular flexibility index (Phi) is 4.47. The molecule has 3 nitrogen and oxygen atoms in total. The highest BCUT2D eigenvalue weighted by Gasteiger charge is 2.33. The van der Waals surface area contributed by atoms with Crippen molar-refractivity contribution in [1.29, 1.82) is 0 Å². The van der Waals surface area contributed by atoms with Gasteiger partial charge in [-0.3, -0.25) is 9.78 Å². The largest absolute Gasteiger partial charge is 0.416 e. The van der Waals surface area contributed by atoms with E-state index in [9.17, 15) is 18.0 Å². The molecule has 0 unspecified atom stereocenters. The van der Waals surface area contributed by atoms with Gasteiger partial charge in [-0.1, -0.05) is 17.7 Å². The molecule has 0 saturated heterocycles. The van der Waals surface area contributed by atoms with Crippen molar-refractivity contribution in [3.05, 3.63) is 58.9 Å². The minimum atomic E-state index is -4.56. The van der Waals surface area contributed by atoms with Gasteiger partial charge in [-0.25, -0.2) is 0 Å². The minimum Gasteiger partial charge on any atom is -0.326 e. The van der Waals surface area contributed by atoms with Gasteiger partial charge in [-0.2, -0.15) is 13.2 Å². The highest BCUT2D eigenvalue weighted by molar-refractivity contribution is 6.30. The molecular weight excluding hydrogens is 305 g/mol. The van der Waals surface area contributed by atoms with Crippen molar-refractivity contribution in [3.63, 3.8) is 0 Å². The van der Waals surface area contributed by atoms with Crippen LogP contribution in [0.2, 0.25) is 5.02 Å². The van der Waals surface area contributed by atoms with Gasteiger partial charge in [-0.15, -0.1) is 0 Å². The Hall–Kier alpha value is -2.08. The van der Waals surface area contributed by atoms with Crippen LogP contribution < -0.4 is 5.32 Å². The Morgan fingerprint density at radius 1 is 1.19 bits per heavy atom. The lowest BCUT2D eigenvalue weighted by molar-refractivity contribution is -0.138. The molecule has 21 heavy (non-hydrogen) atoms. The minimum absolute atomic E-state index is 0.0272. The van der Waals surface area contributed by atoms with Crippen molar-refractivity contribution in [3.8, 4) is 0 Å². The van der Waals surface area contributed by atoms with E-state index >= 15 is 0 Å². The van der Waals surface area contributed by atoms with E-state index in [-0.39, 0.29) is 10.6 Å². The van der Waals surface area contributed by atoms with E-state index in [0.29, 0.717) is 5.69 Å². The van der Waals surface area contributed by atoms with Crippen LogP contribution >= 0.6 is 11.6 Å². The molecule has 2 rings (SSSR count). The van der Waals surface area contributed by atoms with Gasteiger partial charge in [-0.05, 0) is 29.8 Å². The fraction of sp³-hybridized carbons (Fsp3) is 0.143. The van der Waals surface area contributed by atoms with Gasteiger partial charge < -0.3 is 5.32 Å². The quantitative estimate of drug-likeness (QED) is 0.932. The Morgan fingerprint density at radius 2 is 1.86 bits per heavy atom. The second-order valence-corrected chi connectivity index (χ2v) is 4.70. The summed E-state index contributed by atoms with van der Waals surface area (Å²) in [4.78, 5) is 15.6. The predicted octanol–water partition coefficient (Wildman–Crippen LogP) is 3.94. The predicted molar refractivity (Wildman–Crippen MR) is 73.0 cm³/mol. The van der Waals surface area contributed by atoms with Gasteiger partial charge in [0.1, 0.15) is 0 Å². The van der Waals surface area contributed by atoms with Crippen molar-refractivity contribution in [2.24, 2.45) is 0 Å². The molecule has 0 aliphatic heterocycles. The van der Waals surface area contributed by atoms with Crippen LogP contribution in [0.3, 0.4) is 0 Å². The molecule has 0 radical (unpaired) electrons. The molecule has 7 heteroatoms. The van der Waals surface area contributed by atoms with E-state index in [0.717, 1.165) is 6.07 Å². The van der Waals surface area contributed by atoms with Gasteiger partial charge in [0.15, 0.2) is 0 Å². The van der Waals surface area contributed by atoms with Gasteiger partial charge in [0, 0.05) is 23.1 Å². The first-order valence-corrected chi connectivity index (χ1v) is 6.29. The zero-order valence-corrected chi connectivity index (χ0v) is 11.4. The standard InChI is InChI=1S/C14H10ClF3N2O/c15-10-2-1-9(12(8-10)14(16,17)18)7-13(21)20-11-3-5-19-6-4-11/h1-6,8H,7H2,(H,19,20,21). The summed E-state index contributed by atoms with van der Waals surface area (Å²) in [7, 11) is 0. The molecule has 0 aliphatic rings. The lowest BCUT2D eigenvalue weighted by Crippen LogP contribution is -2.18. The van der Waals surface area contributed by atoms with E-state index < -0.39 is 24.1 Å². The Morgan fingerprint density at radius 3 is 2.48 bits per heavy atom. The molecule has 1 aromatic carbocycles. The number of benzene rings is 1. The number of pyridine rings is 1. The Balaban J connectivity index is 2.18. The molecule has 2 aromatic rings. The number of carbonyl (C=O) groups excluding carboxylic acids is 1. The van der Waals surface area contributed by atoms with Crippen molar-refractivity contribution in [2.45, 2.75) is 12.6 Å². The van der Waals surface area contributed by atoms with Gasteiger partial charge in [0.25, 0.3) is 0 Å². The number of nitrogens with zero attached hydrogens (tertiary/aromatic N) is 1. The number of hydrogen-bond donors (Lipinski definition) is 1. The number of nitrogens with one attached hydrogen (secondary N) is 1. The number of amides is 1. The van der Waals surface area contributed by atoms with Crippen LogP contribution in [-0.2, 0) is 17.4 Å². The lowest BCUT2D eigenvalue weighted by Gasteiger charge is -2.13. The fourth-order valence-electron chi connectivity index (χ4n) is 1.78. The molecule has 1 aromatic heterocycles. The molecule has 0 aliphatic carbocycles. The number of carbonyl (C=O) groups is 1. The van der Waals surface area contributed by atoms with Gasteiger partial charge in [0.2, 0.25) is 5.91 Å².